The van der Waals surface area contributed by atoms with Crippen LogP contribution in [0.1, 0.15) is 47.2 Å². The lowest BCUT2D eigenvalue weighted by Crippen LogP contribution is -2.42. The first-order valence-electron chi connectivity index (χ1n) is 12.7. The number of benzene rings is 4. The van der Waals surface area contributed by atoms with Gasteiger partial charge in [-0.25, -0.2) is 0 Å². The topological polar surface area (TPSA) is 58.9 Å². The SMILES string of the molecule is CCOc1cccc2c1[C@](O)(C#Cc1ccccc1)c1cccc(OCC)c1[C@]2(O)C#Cc1ccccc1. The van der Waals surface area contributed by atoms with Gasteiger partial charge < -0.3 is 19.7 Å². The predicted octanol–water partition coefficient (Wildman–Crippen LogP) is 5.37. The fourth-order valence-corrected chi connectivity index (χ4v) is 4.86. The second kappa shape index (κ2) is 10.5. The van der Waals surface area contributed by atoms with Gasteiger partial charge in [-0.3, -0.25) is 0 Å². The molecular formula is C34H28O4. The number of hydrogen-bond acceptors (Lipinski definition) is 4. The molecule has 188 valence electrons. The van der Waals surface area contributed by atoms with Crippen molar-refractivity contribution in [3.05, 3.63) is 130 Å². The molecule has 1 aliphatic carbocycles. The molecule has 0 saturated heterocycles. The summed E-state index contributed by atoms with van der Waals surface area (Å²) in [6.45, 7) is 4.50. The van der Waals surface area contributed by atoms with Crippen LogP contribution >= 0.6 is 0 Å². The van der Waals surface area contributed by atoms with E-state index in [0.717, 1.165) is 11.1 Å². The summed E-state index contributed by atoms with van der Waals surface area (Å²) in [6, 6.07) is 29.6. The van der Waals surface area contributed by atoms with Crippen molar-refractivity contribution in [2.24, 2.45) is 0 Å². The summed E-state index contributed by atoms with van der Waals surface area (Å²) in [6.07, 6.45) is 0. The molecule has 4 heteroatoms. The maximum absolute atomic E-state index is 12.5. The van der Waals surface area contributed by atoms with Crippen LogP contribution < -0.4 is 9.47 Å². The van der Waals surface area contributed by atoms with Crippen molar-refractivity contribution in [1.82, 2.24) is 0 Å². The van der Waals surface area contributed by atoms with E-state index < -0.39 is 11.2 Å². The van der Waals surface area contributed by atoms with Gasteiger partial charge in [0.15, 0.2) is 11.2 Å². The van der Waals surface area contributed by atoms with Gasteiger partial charge in [-0.15, -0.1) is 0 Å². The summed E-state index contributed by atoms with van der Waals surface area (Å²) in [5.41, 5.74) is -0.562. The summed E-state index contributed by atoms with van der Waals surface area (Å²) in [5.74, 6) is 13.4. The van der Waals surface area contributed by atoms with E-state index in [4.69, 9.17) is 9.47 Å². The lowest BCUT2D eigenvalue weighted by atomic mass is 9.67. The summed E-state index contributed by atoms with van der Waals surface area (Å²) < 4.78 is 12.0. The van der Waals surface area contributed by atoms with Gasteiger partial charge in [-0.1, -0.05) is 84.3 Å². The Balaban J connectivity index is 1.86. The summed E-state index contributed by atoms with van der Waals surface area (Å²) in [7, 11) is 0. The highest BCUT2D eigenvalue weighted by Crippen LogP contribution is 2.53. The van der Waals surface area contributed by atoms with Gasteiger partial charge in [0.25, 0.3) is 0 Å². The minimum Gasteiger partial charge on any atom is -0.493 e. The van der Waals surface area contributed by atoms with Gasteiger partial charge in [0.1, 0.15) is 11.5 Å². The molecule has 4 aromatic carbocycles. The van der Waals surface area contributed by atoms with Gasteiger partial charge in [-0.05, 0) is 50.2 Å². The highest BCUT2D eigenvalue weighted by molar-refractivity contribution is 5.70. The van der Waals surface area contributed by atoms with Crippen LogP contribution in [0.15, 0.2) is 97.1 Å². The summed E-state index contributed by atoms with van der Waals surface area (Å²) >= 11 is 0. The Labute approximate surface area is 223 Å². The van der Waals surface area contributed by atoms with Crippen LogP contribution in [0.25, 0.3) is 0 Å². The van der Waals surface area contributed by atoms with Crippen molar-refractivity contribution >= 4 is 0 Å². The summed E-state index contributed by atoms with van der Waals surface area (Å²) in [4.78, 5) is 0. The molecule has 1 aliphatic rings. The molecule has 0 fully saturated rings. The number of rotatable bonds is 4. The third-order valence-electron chi connectivity index (χ3n) is 6.48. The third kappa shape index (κ3) is 4.42. The van der Waals surface area contributed by atoms with E-state index in [1.54, 1.807) is 36.4 Å². The van der Waals surface area contributed by atoms with Crippen molar-refractivity contribution in [3.8, 4) is 35.2 Å². The van der Waals surface area contributed by atoms with E-state index in [-0.39, 0.29) is 0 Å². The number of hydrogen-bond donors (Lipinski definition) is 2. The molecule has 0 heterocycles. The molecule has 4 nitrogen and oxygen atoms in total. The largest absolute Gasteiger partial charge is 0.493 e. The van der Waals surface area contributed by atoms with Crippen molar-refractivity contribution in [2.75, 3.05) is 13.2 Å². The van der Waals surface area contributed by atoms with Crippen LogP contribution in [0.3, 0.4) is 0 Å². The van der Waals surface area contributed by atoms with Gasteiger partial charge >= 0.3 is 0 Å². The van der Waals surface area contributed by atoms with E-state index in [1.807, 2.05) is 74.5 Å². The van der Waals surface area contributed by atoms with Gasteiger partial charge in [-0.2, -0.15) is 0 Å². The second-order valence-corrected chi connectivity index (χ2v) is 8.88. The molecule has 5 rings (SSSR count). The van der Waals surface area contributed by atoms with Crippen LogP contribution in [0.5, 0.6) is 11.5 Å². The zero-order valence-electron chi connectivity index (χ0n) is 21.4. The average Bonchev–Trinajstić information content (AvgIpc) is 2.95. The van der Waals surface area contributed by atoms with Crippen molar-refractivity contribution in [2.45, 2.75) is 25.0 Å². The lowest BCUT2D eigenvalue weighted by Gasteiger charge is -2.41. The Bertz CT molecular complexity index is 1450. The monoisotopic (exact) mass is 500 g/mol. The van der Waals surface area contributed by atoms with E-state index in [0.29, 0.717) is 47.0 Å². The molecule has 0 amide bonds. The van der Waals surface area contributed by atoms with E-state index >= 15 is 0 Å². The standard InChI is InChI=1S/C34H28O4/c1-3-37-29-19-11-17-27-31(29)33(35,23-21-25-13-7-5-8-14-25)28-18-12-20-30(38-4-2)32(28)34(27,36)24-22-26-15-9-6-10-16-26/h5-20,35-36H,3-4H2,1-2H3/t33-,34-/m0/s1. The van der Waals surface area contributed by atoms with E-state index in [9.17, 15) is 10.2 Å². The maximum atomic E-state index is 12.5. The second-order valence-electron chi connectivity index (χ2n) is 8.88. The highest BCUT2D eigenvalue weighted by Gasteiger charge is 2.51. The molecule has 0 saturated carbocycles. The number of fused-ring (bicyclic) bond motifs is 2. The minimum absolute atomic E-state index is 0.372. The molecule has 2 N–H and O–H groups in total. The van der Waals surface area contributed by atoms with Crippen LogP contribution in [-0.2, 0) is 11.2 Å². The first-order chi connectivity index (χ1) is 18.5. The van der Waals surface area contributed by atoms with Crippen molar-refractivity contribution in [1.29, 1.82) is 0 Å². The molecule has 0 aromatic heterocycles. The van der Waals surface area contributed by atoms with Gasteiger partial charge in [0, 0.05) is 22.3 Å². The Kier molecular flexibility index (Phi) is 6.95. The average molecular weight is 501 g/mol. The van der Waals surface area contributed by atoms with Gasteiger partial charge in [0.05, 0.1) is 24.3 Å². The fraction of sp³-hybridized carbons (Fsp3) is 0.176. The van der Waals surface area contributed by atoms with Crippen LogP contribution in [0, 0.1) is 23.7 Å². The molecule has 2 atom stereocenters. The normalized spacial score (nSPS) is 19.1. The molecule has 0 unspecified atom stereocenters. The van der Waals surface area contributed by atoms with Gasteiger partial charge in [0.2, 0.25) is 0 Å². The first-order valence-corrected chi connectivity index (χ1v) is 12.7. The predicted molar refractivity (Wildman–Crippen MR) is 148 cm³/mol. The zero-order valence-corrected chi connectivity index (χ0v) is 21.4. The first kappa shape index (κ1) is 25.2. The van der Waals surface area contributed by atoms with Crippen LogP contribution in [0.4, 0.5) is 0 Å². The molecule has 0 bridgehead atoms. The molecule has 4 aromatic rings. The highest BCUT2D eigenvalue weighted by atomic mass is 16.5. The molecule has 0 spiro atoms. The molecule has 0 radical (unpaired) electrons. The number of aliphatic hydroxyl groups is 2. The smallest absolute Gasteiger partial charge is 0.181 e. The summed E-state index contributed by atoms with van der Waals surface area (Å²) in [5, 5.41) is 25.0. The third-order valence-corrected chi connectivity index (χ3v) is 6.48. The fourth-order valence-electron chi connectivity index (χ4n) is 4.86. The zero-order chi connectivity index (χ0) is 26.6. The Morgan fingerprint density at radius 2 is 0.947 bits per heavy atom. The Hall–Kier alpha value is -4.48. The maximum Gasteiger partial charge on any atom is 0.181 e. The van der Waals surface area contributed by atoms with Crippen LogP contribution in [-0.4, -0.2) is 23.4 Å². The molecule has 0 aliphatic heterocycles. The van der Waals surface area contributed by atoms with Crippen molar-refractivity contribution in [3.63, 3.8) is 0 Å². The number of ether oxygens (including phenoxy) is 2. The lowest BCUT2D eigenvalue weighted by molar-refractivity contribution is 0.0880. The van der Waals surface area contributed by atoms with Crippen LogP contribution in [0.2, 0.25) is 0 Å². The quantitative estimate of drug-likeness (QED) is 0.370. The molecular weight excluding hydrogens is 472 g/mol. The molecule has 38 heavy (non-hydrogen) atoms. The van der Waals surface area contributed by atoms with E-state index in [2.05, 4.69) is 23.7 Å². The minimum atomic E-state index is -1.81. The van der Waals surface area contributed by atoms with Crippen molar-refractivity contribution < 1.29 is 19.7 Å². The Morgan fingerprint density at radius 1 is 0.553 bits per heavy atom. The van der Waals surface area contributed by atoms with E-state index in [1.165, 1.54) is 0 Å². The Morgan fingerprint density at radius 3 is 1.32 bits per heavy atom.